The maximum atomic E-state index is 5.37. The van der Waals surface area contributed by atoms with Crippen LogP contribution in [-0.4, -0.2) is 19.7 Å². The summed E-state index contributed by atoms with van der Waals surface area (Å²) in [6.45, 7) is 1.04. The van der Waals surface area contributed by atoms with Crippen LogP contribution in [0.15, 0.2) is 36.4 Å². The van der Waals surface area contributed by atoms with Gasteiger partial charge in [0, 0.05) is 6.04 Å². The number of hydrogen-bond donors (Lipinski definition) is 1. The van der Waals surface area contributed by atoms with Crippen molar-refractivity contribution in [3.8, 4) is 5.75 Å². The molecule has 0 radical (unpaired) electrons. The van der Waals surface area contributed by atoms with E-state index in [-0.39, 0.29) is 0 Å². The third kappa shape index (κ3) is 2.17. The first-order valence-corrected chi connectivity index (χ1v) is 6.90. The molecule has 1 N–H and O–H groups in total. The molecule has 18 heavy (non-hydrogen) atoms. The molecule has 96 valence electrons. The highest BCUT2D eigenvalue weighted by molar-refractivity contribution is 5.33. The van der Waals surface area contributed by atoms with Gasteiger partial charge in [0.05, 0.1) is 7.11 Å². The van der Waals surface area contributed by atoms with E-state index in [0.29, 0.717) is 6.04 Å². The quantitative estimate of drug-likeness (QED) is 0.803. The number of para-hydroxylation sites is 1. The maximum absolute atomic E-state index is 5.37. The highest BCUT2D eigenvalue weighted by Crippen LogP contribution is 2.42. The first kappa shape index (κ1) is 11.8. The second-order valence-electron chi connectivity index (χ2n) is 5.36. The summed E-state index contributed by atoms with van der Waals surface area (Å²) >= 11 is 0. The van der Waals surface area contributed by atoms with Crippen molar-refractivity contribution in [2.24, 2.45) is 11.8 Å². The molecule has 3 unspecified atom stereocenters. The van der Waals surface area contributed by atoms with Gasteiger partial charge in [-0.3, -0.25) is 0 Å². The summed E-state index contributed by atoms with van der Waals surface area (Å²) in [5.74, 6) is 2.75. The molecule has 3 rings (SSSR count). The Kier molecular flexibility index (Phi) is 3.37. The first-order chi connectivity index (χ1) is 8.88. The van der Waals surface area contributed by atoms with Gasteiger partial charge < -0.3 is 10.1 Å². The summed E-state index contributed by atoms with van der Waals surface area (Å²) in [7, 11) is 1.74. The molecule has 0 aliphatic heterocycles. The zero-order valence-corrected chi connectivity index (χ0v) is 10.9. The lowest BCUT2D eigenvalue weighted by Gasteiger charge is -2.40. The Morgan fingerprint density at radius 3 is 3.06 bits per heavy atom. The van der Waals surface area contributed by atoms with Gasteiger partial charge in [-0.25, -0.2) is 0 Å². The third-order valence-corrected chi connectivity index (χ3v) is 4.36. The molecule has 2 aliphatic carbocycles. The summed E-state index contributed by atoms with van der Waals surface area (Å²) in [6, 6.07) is 9.00. The van der Waals surface area contributed by atoms with Crippen LogP contribution in [0.3, 0.4) is 0 Å². The zero-order valence-electron chi connectivity index (χ0n) is 10.9. The van der Waals surface area contributed by atoms with E-state index >= 15 is 0 Å². The van der Waals surface area contributed by atoms with Gasteiger partial charge in [-0.1, -0.05) is 30.4 Å². The minimum absolute atomic E-state index is 0.712. The molecule has 0 bridgehead atoms. The Morgan fingerprint density at radius 1 is 1.33 bits per heavy atom. The van der Waals surface area contributed by atoms with Crippen LogP contribution in [0.2, 0.25) is 0 Å². The summed E-state index contributed by atoms with van der Waals surface area (Å²) in [5.41, 5.74) is 1.30. The predicted octanol–water partition coefficient (Wildman–Crippen LogP) is 2.79. The van der Waals surface area contributed by atoms with Crippen molar-refractivity contribution < 1.29 is 4.74 Å². The van der Waals surface area contributed by atoms with Crippen LogP contribution >= 0.6 is 0 Å². The van der Waals surface area contributed by atoms with Gasteiger partial charge in [0.1, 0.15) is 5.75 Å². The molecular weight excluding hydrogens is 222 g/mol. The average Bonchev–Trinajstić information content (AvgIpc) is 2.76. The number of allylic oxidation sites excluding steroid dienone is 1. The minimum atomic E-state index is 0.712. The fourth-order valence-corrected chi connectivity index (χ4v) is 3.25. The lowest BCUT2D eigenvalue weighted by molar-refractivity contribution is 0.164. The van der Waals surface area contributed by atoms with Gasteiger partial charge in [-0.15, -0.1) is 0 Å². The summed E-state index contributed by atoms with van der Waals surface area (Å²) in [4.78, 5) is 0. The normalized spacial score (nSPS) is 28.8. The topological polar surface area (TPSA) is 21.3 Å². The lowest BCUT2D eigenvalue weighted by atomic mass is 9.71. The number of fused-ring (bicyclic) bond motifs is 1. The SMILES string of the molecule is COc1ccccc1CCNC1CC2CC=CC21. The van der Waals surface area contributed by atoms with Gasteiger partial charge in [-0.05, 0) is 49.3 Å². The van der Waals surface area contributed by atoms with Crippen LogP contribution in [0.4, 0.5) is 0 Å². The van der Waals surface area contributed by atoms with Crippen molar-refractivity contribution in [1.29, 1.82) is 0 Å². The molecule has 1 aromatic rings. The fraction of sp³-hybridized carbons (Fsp3) is 0.500. The van der Waals surface area contributed by atoms with E-state index in [1.165, 1.54) is 18.4 Å². The smallest absolute Gasteiger partial charge is 0.122 e. The highest BCUT2D eigenvalue weighted by atomic mass is 16.5. The molecule has 1 fully saturated rings. The van der Waals surface area contributed by atoms with Crippen molar-refractivity contribution >= 4 is 0 Å². The van der Waals surface area contributed by atoms with Crippen LogP contribution in [0.1, 0.15) is 18.4 Å². The summed E-state index contributed by atoms with van der Waals surface area (Å²) in [5, 5.41) is 3.68. The van der Waals surface area contributed by atoms with E-state index in [2.05, 4.69) is 29.6 Å². The lowest BCUT2D eigenvalue weighted by Crippen LogP contribution is -2.48. The van der Waals surface area contributed by atoms with E-state index in [9.17, 15) is 0 Å². The molecule has 2 aliphatic rings. The first-order valence-electron chi connectivity index (χ1n) is 6.90. The molecule has 0 amide bonds. The van der Waals surface area contributed by atoms with Gasteiger partial charge in [0.2, 0.25) is 0 Å². The Balaban J connectivity index is 1.48. The van der Waals surface area contributed by atoms with Crippen molar-refractivity contribution in [2.75, 3.05) is 13.7 Å². The van der Waals surface area contributed by atoms with Gasteiger partial charge in [-0.2, -0.15) is 0 Å². The van der Waals surface area contributed by atoms with Crippen molar-refractivity contribution in [2.45, 2.75) is 25.3 Å². The second-order valence-corrected chi connectivity index (χ2v) is 5.36. The van der Waals surface area contributed by atoms with E-state index in [0.717, 1.165) is 30.6 Å². The van der Waals surface area contributed by atoms with E-state index < -0.39 is 0 Å². The highest BCUT2D eigenvalue weighted by Gasteiger charge is 2.40. The van der Waals surface area contributed by atoms with Crippen molar-refractivity contribution in [3.05, 3.63) is 42.0 Å². The molecule has 0 heterocycles. The third-order valence-electron chi connectivity index (χ3n) is 4.36. The summed E-state index contributed by atoms with van der Waals surface area (Å²) < 4.78 is 5.37. The van der Waals surface area contributed by atoms with Gasteiger partial charge in [0.15, 0.2) is 0 Å². The number of nitrogens with one attached hydrogen (secondary N) is 1. The standard InChI is InChI=1S/C16H21NO/c1-18-16-8-3-2-5-12(16)9-10-17-15-11-13-6-4-7-14(13)15/h2-5,7-8,13-15,17H,6,9-11H2,1H3. The van der Waals surface area contributed by atoms with Crippen LogP contribution in [-0.2, 0) is 6.42 Å². The number of benzene rings is 1. The van der Waals surface area contributed by atoms with Gasteiger partial charge in [0.25, 0.3) is 0 Å². The molecule has 2 heteroatoms. The number of ether oxygens (including phenoxy) is 1. The molecule has 0 saturated heterocycles. The molecule has 2 nitrogen and oxygen atoms in total. The number of methoxy groups -OCH3 is 1. The van der Waals surface area contributed by atoms with Crippen molar-refractivity contribution in [3.63, 3.8) is 0 Å². The zero-order chi connectivity index (χ0) is 12.4. The number of hydrogen-bond acceptors (Lipinski definition) is 2. The second kappa shape index (κ2) is 5.15. The average molecular weight is 243 g/mol. The predicted molar refractivity (Wildman–Crippen MR) is 73.8 cm³/mol. The molecule has 0 spiro atoms. The fourth-order valence-electron chi connectivity index (χ4n) is 3.25. The monoisotopic (exact) mass is 243 g/mol. The largest absolute Gasteiger partial charge is 0.496 e. The summed E-state index contributed by atoms with van der Waals surface area (Å²) in [6.07, 6.45) is 8.44. The molecule has 1 saturated carbocycles. The Morgan fingerprint density at radius 2 is 2.22 bits per heavy atom. The Hall–Kier alpha value is -1.28. The molecular formula is C16H21NO. The van der Waals surface area contributed by atoms with E-state index in [1.807, 2.05) is 12.1 Å². The van der Waals surface area contributed by atoms with Crippen LogP contribution in [0.5, 0.6) is 5.75 Å². The molecule has 0 aromatic heterocycles. The van der Waals surface area contributed by atoms with E-state index in [4.69, 9.17) is 4.74 Å². The number of rotatable bonds is 5. The van der Waals surface area contributed by atoms with Crippen LogP contribution in [0.25, 0.3) is 0 Å². The van der Waals surface area contributed by atoms with E-state index in [1.54, 1.807) is 7.11 Å². The van der Waals surface area contributed by atoms with Crippen LogP contribution in [0, 0.1) is 11.8 Å². The molecule has 3 atom stereocenters. The van der Waals surface area contributed by atoms with Crippen molar-refractivity contribution in [1.82, 2.24) is 5.32 Å². The Labute approximate surface area is 109 Å². The Bertz CT molecular complexity index is 440. The maximum Gasteiger partial charge on any atom is 0.122 e. The minimum Gasteiger partial charge on any atom is -0.496 e. The molecule has 1 aromatic carbocycles. The van der Waals surface area contributed by atoms with Crippen LogP contribution < -0.4 is 10.1 Å². The van der Waals surface area contributed by atoms with Gasteiger partial charge >= 0.3 is 0 Å².